The zero-order valence-electron chi connectivity index (χ0n) is 13.0. The number of nitrogens with one attached hydrogen (secondary N) is 1. The number of hydrogen-bond donors (Lipinski definition) is 2. The highest BCUT2D eigenvalue weighted by Gasteiger charge is 2.52. The number of halogens is 9. The molecule has 0 unspecified atom stereocenters. The number of aliphatic hydroxyl groups excluding tert-OH is 1. The molecule has 3 atom stereocenters. The molecule has 0 amide bonds. The number of aliphatic hydroxyl groups is 1. The number of ether oxygens (including phenoxy) is 1. The number of nitrogens with zero attached hydrogens (tertiary/aromatic N) is 1. The van der Waals surface area contributed by atoms with E-state index >= 15 is 0 Å². The van der Waals surface area contributed by atoms with E-state index in [0.29, 0.717) is 0 Å². The Kier molecular flexibility index (Phi) is 7.09. The molecule has 1 aliphatic rings. The average molecular weight is 410 g/mol. The van der Waals surface area contributed by atoms with Gasteiger partial charge in [-0.3, -0.25) is 5.32 Å². The quantitative estimate of drug-likeness (QED) is 0.697. The molecule has 1 aliphatic heterocycles. The highest BCUT2D eigenvalue weighted by atomic mass is 19.4. The molecule has 152 valence electrons. The Hall–Kier alpha value is -2.04. The van der Waals surface area contributed by atoms with E-state index in [1.807, 2.05) is 0 Å². The SMILES string of the molecule is N#Cc1ccccc1C(F)(F)F.O[C@H]([C@H]1CN[C@H](C(F)(F)F)O1)C(F)(F)F. The highest BCUT2D eigenvalue weighted by Crippen LogP contribution is 2.31. The van der Waals surface area contributed by atoms with Crippen LogP contribution in [0.2, 0.25) is 0 Å². The van der Waals surface area contributed by atoms with Gasteiger partial charge in [-0.1, -0.05) is 12.1 Å². The van der Waals surface area contributed by atoms with E-state index in [0.717, 1.165) is 12.1 Å². The van der Waals surface area contributed by atoms with Crippen molar-refractivity contribution < 1.29 is 49.4 Å². The van der Waals surface area contributed by atoms with Crippen LogP contribution < -0.4 is 5.32 Å². The van der Waals surface area contributed by atoms with E-state index in [4.69, 9.17) is 10.4 Å². The summed E-state index contributed by atoms with van der Waals surface area (Å²) >= 11 is 0. The smallest absolute Gasteiger partial charge is 0.381 e. The van der Waals surface area contributed by atoms with Crippen molar-refractivity contribution in [1.82, 2.24) is 5.32 Å². The van der Waals surface area contributed by atoms with Gasteiger partial charge in [-0.2, -0.15) is 44.8 Å². The first-order valence-electron chi connectivity index (χ1n) is 6.94. The Morgan fingerprint density at radius 2 is 1.63 bits per heavy atom. The predicted molar refractivity (Wildman–Crippen MR) is 70.9 cm³/mol. The maximum Gasteiger partial charge on any atom is 0.428 e. The summed E-state index contributed by atoms with van der Waals surface area (Å²) in [6, 6.07) is 6.16. The van der Waals surface area contributed by atoms with Crippen molar-refractivity contribution in [2.24, 2.45) is 0 Å². The lowest BCUT2D eigenvalue weighted by atomic mass is 10.1. The maximum absolute atomic E-state index is 12.1. The van der Waals surface area contributed by atoms with Gasteiger partial charge in [-0.25, -0.2) is 0 Å². The Morgan fingerprint density at radius 1 is 1.07 bits per heavy atom. The molecule has 27 heavy (non-hydrogen) atoms. The minimum atomic E-state index is -4.99. The second-order valence-electron chi connectivity index (χ2n) is 5.15. The molecule has 0 saturated carbocycles. The second kappa shape index (κ2) is 8.32. The minimum absolute atomic E-state index is 0.343. The third-order valence-corrected chi connectivity index (χ3v) is 3.15. The molecular formula is C14H11F9N2O2. The van der Waals surface area contributed by atoms with Crippen LogP contribution in [0.1, 0.15) is 11.1 Å². The number of rotatable bonds is 1. The molecule has 0 spiro atoms. The molecule has 1 heterocycles. The van der Waals surface area contributed by atoms with Crippen molar-refractivity contribution in [2.45, 2.75) is 37.0 Å². The Balaban J connectivity index is 0.000000277. The van der Waals surface area contributed by atoms with Gasteiger partial charge in [0.1, 0.15) is 6.10 Å². The standard InChI is InChI=1S/C8H4F3N.C6H7F6NO2/c9-8(10,11)7-4-2-1-3-6(7)5-12;7-5(8,9)3(14)2-1-13-4(15-2)6(10,11)12/h1-4H;2-4,13-14H,1H2/t;2-,3-,4+/m.1/s1. The summed E-state index contributed by atoms with van der Waals surface area (Å²) in [6.07, 6.45) is -21.5. The fourth-order valence-corrected chi connectivity index (χ4v) is 1.91. The van der Waals surface area contributed by atoms with E-state index in [2.05, 4.69) is 4.74 Å². The zero-order valence-corrected chi connectivity index (χ0v) is 13.0. The van der Waals surface area contributed by atoms with Gasteiger partial charge >= 0.3 is 18.5 Å². The van der Waals surface area contributed by atoms with Crippen LogP contribution in [-0.2, 0) is 10.9 Å². The van der Waals surface area contributed by atoms with Gasteiger partial charge in [0.2, 0.25) is 6.23 Å². The van der Waals surface area contributed by atoms with Crippen LogP contribution in [0.25, 0.3) is 0 Å². The summed E-state index contributed by atoms with van der Waals surface area (Å²) in [5.41, 5.74) is -1.22. The average Bonchev–Trinajstić information content (AvgIpc) is 3.03. The molecule has 0 bridgehead atoms. The number of alkyl halides is 9. The third kappa shape index (κ3) is 6.56. The third-order valence-electron chi connectivity index (χ3n) is 3.15. The summed E-state index contributed by atoms with van der Waals surface area (Å²) in [5, 5.41) is 18.6. The van der Waals surface area contributed by atoms with Gasteiger partial charge in [-0.15, -0.1) is 0 Å². The summed E-state index contributed by atoms with van der Waals surface area (Å²) in [6.45, 7) is -0.704. The predicted octanol–water partition coefficient (Wildman–Crippen LogP) is 3.36. The molecule has 0 aromatic heterocycles. The lowest BCUT2D eigenvalue weighted by Crippen LogP contribution is -2.42. The molecular weight excluding hydrogens is 399 g/mol. The van der Waals surface area contributed by atoms with Gasteiger partial charge in [-0.05, 0) is 12.1 Å². The van der Waals surface area contributed by atoms with Gasteiger partial charge in [0.25, 0.3) is 0 Å². The molecule has 1 aromatic carbocycles. The van der Waals surface area contributed by atoms with Crippen molar-refractivity contribution in [3.05, 3.63) is 35.4 Å². The Bertz CT molecular complexity index is 664. The van der Waals surface area contributed by atoms with Crippen LogP contribution in [0.4, 0.5) is 39.5 Å². The molecule has 1 fully saturated rings. The van der Waals surface area contributed by atoms with Crippen molar-refractivity contribution in [3.63, 3.8) is 0 Å². The molecule has 1 saturated heterocycles. The van der Waals surface area contributed by atoms with Crippen LogP contribution in [0.15, 0.2) is 24.3 Å². The number of benzene rings is 1. The first kappa shape index (κ1) is 23.0. The van der Waals surface area contributed by atoms with E-state index < -0.39 is 49.1 Å². The van der Waals surface area contributed by atoms with Crippen LogP contribution in [0, 0.1) is 11.3 Å². The van der Waals surface area contributed by atoms with Crippen molar-refractivity contribution >= 4 is 0 Å². The first-order chi connectivity index (χ1) is 12.2. The van der Waals surface area contributed by atoms with Crippen molar-refractivity contribution in [1.29, 1.82) is 5.26 Å². The molecule has 0 radical (unpaired) electrons. The van der Waals surface area contributed by atoms with Crippen LogP contribution in [-0.4, -0.2) is 42.4 Å². The van der Waals surface area contributed by atoms with Gasteiger partial charge in [0.15, 0.2) is 6.10 Å². The summed E-state index contributed by atoms with van der Waals surface area (Å²) in [4.78, 5) is 0. The minimum Gasteiger partial charge on any atom is -0.381 e. The molecule has 2 N–H and O–H groups in total. The normalized spacial score (nSPS) is 21.8. The van der Waals surface area contributed by atoms with E-state index in [-0.39, 0.29) is 5.56 Å². The van der Waals surface area contributed by atoms with E-state index in [9.17, 15) is 39.5 Å². The van der Waals surface area contributed by atoms with Crippen molar-refractivity contribution in [3.8, 4) is 6.07 Å². The largest absolute Gasteiger partial charge is 0.428 e. The number of hydrogen-bond acceptors (Lipinski definition) is 4. The van der Waals surface area contributed by atoms with Gasteiger partial charge in [0, 0.05) is 6.54 Å². The van der Waals surface area contributed by atoms with Gasteiger partial charge in [0.05, 0.1) is 17.2 Å². The molecule has 2 rings (SSSR count). The lowest BCUT2D eigenvalue weighted by Gasteiger charge is -2.21. The zero-order chi connectivity index (χ0) is 21.0. The van der Waals surface area contributed by atoms with Gasteiger partial charge < -0.3 is 9.84 Å². The number of nitriles is 1. The lowest BCUT2D eigenvalue weighted by molar-refractivity contribution is -0.260. The molecule has 0 aliphatic carbocycles. The molecule has 13 heteroatoms. The summed E-state index contributed by atoms with van der Waals surface area (Å²) in [5.74, 6) is 0. The second-order valence-corrected chi connectivity index (χ2v) is 5.15. The fraction of sp³-hybridized carbons (Fsp3) is 0.500. The van der Waals surface area contributed by atoms with Crippen molar-refractivity contribution in [2.75, 3.05) is 6.54 Å². The highest BCUT2D eigenvalue weighted by molar-refractivity contribution is 5.38. The first-order valence-corrected chi connectivity index (χ1v) is 6.94. The topological polar surface area (TPSA) is 65.3 Å². The fourth-order valence-electron chi connectivity index (χ4n) is 1.91. The van der Waals surface area contributed by atoms with E-state index in [1.165, 1.54) is 18.2 Å². The van der Waals surface area contributed by atoms with Crippen LogP contribution in [0.3, 0.4) is 0 Å². The monoisotopic (exact) mass is 410 g/mol. The van der Waals surface area contributed by atoms with Crippen LogP contribution in [0.5, 0.6) is 0 Å². The van der Waals surface area contributed by atoms with E-state index in [1.54, 1.807) is 5.32 Å². The Labute approximate surface area is 146 Å². The Morgan fingerprint density at radius 3 is 2.00 bits per heavy atom. The summed E-state index contributed by atoms with van der Waals surface area (Å²) < 4.78 is 112. The molecule has 4 nitrogen and oxygen atoms in total. The molecule has 1 aromatic rings. The van der Waals surface area contributed by atoms with Crippen LogP contribution >= 0.6 is 0 Å². The summed E-state index contributed by atoms with van der Waals surface area (Å²) in [7, 11) is 0. The maximum atomic E-state index is 12.1.